The van der Waals surface area contributed by atoms with Gasteiger partial charge < -0.3 is 14.2 Å². The van der Waals surface area contributed by atoms with Gasteiger partial charge in [0.15, 0.2) is 0 Å². The van der Waals surface area contributed by atoms with Crippen molar-refractivity contribution in [3.8, 4) is 22.7 Å². The second-order valence-electron chi connectivity index (χ2n) is 8.22. The number of carbonyl (C=O) groups is 1. The van der Waals surface area contributed by atoms with Gasteiger partial charge in [-0.15, -0.1) is 5.10 Å². The van der Waals surface area contributed by atoms with E-state index < -0.39 is 49.7 Å². The molecule has 2 aromatic heterocycles. The van der Waals surface area contributed by atoms with Gasteiger partial charge in [-0.25, -0.2) is 9.67 Å². The molecule has 3 heterocycles. The van der Waals surface area contributed by atoms with Crippen LogP contribution in [0.3, 0.4) is 0 Å². The summed E-state index contributed by atoms with van der Waals surface area (Å²) in [6.07, 6.45) is -5.73. The third-order valence-corrected chi connectivity index (χ3v) is 5.67. The fourth-order valence-corrected chi connectivity index (χ4v) is 3.99. The number of benzene rings is 1. The third kappa shape index (κ3) is 5.25. The summed E-state index contributed by atoms with van der Waals surface area (Å²) in [5, 5.41) is 7.70. The van der Waals surface area contributed by atoms with Crippen LogP contribution in [0.2, 0.25) is 0 Å². The molecule has 4 rings (SSSR count). The molecule has 1 aliphatic rings. The summed E-state index contributed by atoms with van der Waals surface area (Å²) in [5.41, 5.74) is 2.15. The van der Waals surface area contributed by atoms with Crippen LogP contribution in [0.25, 0.3) is 16.9 Å². The number of aryl methyl sites for hydroxylation is 1. The average molecular weight is 502 g/mol. The lowest BCUT2D eigenvalue weighted by molar-refractivity contribution is -0.205. The molecule has 0 N–H and O–H groups in total. The highest BCUT2D eigenvalue weighted by atomic mass is 19.4. The lowest BCUT2D eigenvalue weighted by atomic mass is 9.93. The predicted molar refractivity (Wildman–Crippen MR) is 110 cm³/mol. The molecule has 1 unspecified atom stereocenters. The number of rotatable bonds is 5. The molecule has 2 atom stereocenters. The molecule has 0 spiro atoms. The fraction of sp³-hybridized carbons (Fsp3) is 0.429. The maximum Gasteiger partial charge on any atom is 0.406 e. The van der Waals surface area contributed by atoms with Crippen LogP contribution in [0.1, 0.15) is 18.2 Å². The van der Waals surface area contributed by atoms with Crippen molar-refractivity contribution in [3.05, 3.63) is 42.6 Å². The Morgan fingerprint density at radius 2 is 1.89 bits per heavy atom. The molecular formula is C21H20F6N6O2. The van der Waals surface area contributed by atoms with Gasteiger partial charge in [0.25, 0.3) is 0 Å². The number of alkyl halides is 6. The smallest absolute Gasteiger partial charge is 0.406 e. The first-order chi connectivity index (χ1) is 16.4. The number of imidazole rings is 1. The standard InChI is InChI=1S/C21H20F6N6O2/c1-12-7-32(11-28-12)16-4-3-13(5-18(16)35-2)15-9-33(30-29-15)17-6-14(21(25,26)27)8-31(19(17)34)10-20(22,23)24/h3-5,7,9,11,14,17H,6,8,10H2,1-2H3/t14-,17?/m0/s1. The van der Waals surface area contributed by atoms with Gasteiger partial charge in [-0.3, -0.25) is 4.79 Å². The first-order valence-electron chi connectivity index (χ1n) is 10.4. The Hall–Kier alpha value is -3.58. The average Bonchev–Trinajstić information content (AvgIpc) is 3.42. The number of halogens is 6. The zero-order valence-corrected chi connectivity index (χ0v) is 18.5. The molecular weight excluding hydrogens is 482 g/mol. The van der Waals surface area contributed by atoms with Crippen molar-refractivity contribution in [1.29, 1.82) is 0 Å². The molecule has 35 heavy (non-hydrogen) atoms. The van der Waals surface area contributed by atoms with Gasteiger partial charge in [-0.2, -0.15) is 26.3 Å². The van der Waals surface area contributed by atoms with E-state index in [1.54, 1.807) is 35.3 Å². The lowest BCUT2D eigenvalue weighted by Crippen LogP contribution is -2.52. The van der Waals surface area contributed by atoms with E-state index in [0.717, 1.165) is 10.4 Å². The summed E-state index contributed by atoms with van der Waals surface area (Å²) in [6, 6.07) is 3.42. The van der Waals surface area contributed by atoms with E-state index in [2.05, 4.69) is 15.3 Å². The van der Waals surface area contributed by atoms with Gasteiger partial charge in [0.2, 0.25) is 5.91 Å². The Morgan fingerprint density at radius 1 is 1.14 bits per heavy atom. The Kier molecular flexibility index (Phi) is 6.23. The molecule has 3 aromatic rings. The topological polar surface area (TPSA) is 78.1 Å². The number of ether oxygens (including phenoxy) is 1. The molecule has 8 nitrogen and oxygen atoms in total. The van der Waals surface area contributed by atoms with E-state index in [0.29, 0.717) is 17.0 Å². The van der Waals surface area contributed by atoms with Gasteiger partial charge in [0, 0.05) is 18.3 Å². The minimum Gasteiger partial charge on any atom is -0.495 e. The highest BCUT2D eigenvalue weighted by Crippen LogP contribution is 2.39. The quantitative estimate of drug-likeness (QED) is 0.494. The van der Waals surface area contributed by atoms with Crippen LogP contribution in [0.15, 0.2) is 36.9 Å². The number of amides is 1. The van der Waals surface area contributed by atoms with Crippen molar-refractivity contribution in [2.24, 2.45) is 5.92 Å². The van der Waals surface area contributed by atoms with Crippen molar-refractivity contribution in [3.63, 3.8) is 0 Å². The number of hydrogen-bond acceptors (Lipinski definition) is 5. The van der Waals surface area contributed by atoms with Crippen LogP contribution in [0, 0.1) is 12.8 Å². The normalized spacial score (nSPS) is 19.3. The lowest BCUT2D eigenvalue weighted by Gasteiger charge is -2.38. The summed E-state index contributed by atoms with van der Waals surface area (Å²) < 4.78 is 87.0. The van der Waals surface area contributed by atoms with Crippen LogP contribution >= 0.6 is 0 Å². The molecule has 1 aliphatic heterocycles. The van der Waals surface area contributed by atoms with E-state index in [9.17, 15) is 31.1 Å². The molecule has 0 radical (unpaired) electrons. The minimum atomic E-state index is -4.84. The number of likely N-dealkylation sites (tertiary alicyclic amines) is 1. The Labute approximate surface area is 195 Å². The fourth-order valence-electron chi connectivity index (χ4n) is 3.99. The molecule has 0 bridgehead atoms. The van der Waals surface area contributed by atoms with E-state index in [-0.39, 0.29) is 10.6 Å². The number of methoxy groups -OCH3 is 1. The van der Waals surface area contributed by atoms with Gasteiger partial charge in [-0.05, 0) is 25.5 Å². The molecule has 1 aromatic carbocycles. The number of hydrogen-bond donors (Lipinski definition) is 0. The monoisotopic (exact) mass is 502 g/mol. The van der Waals surface area contributed by atoms with Crippen molar-refractivity contribution in [2.45, 2.75) is 31.7 Å². The van der Waals surface area contributed by atoms with Gasteiger partial charge in [0.05, 0.1) is 36.9 Å². The van der Waals surface area contributed by atoms with Gasteiger partial charge in [0.1, 0.15) is 24.0 Å². The summed E-state index contributed by atoms with van der Waals surface area (Å²) >= 11 is 0. The minimum absolute atomic E-state index is 0.179. The zero-order valence-electron chi connectivity index (χ0n) is 18.5. The van der Waals surface area contributed by atoms with Crippen molar-refractivity contribution < 1.29 is 35.9 Å². The highest BCUT2D eigenvalue weighted by molar-refractivity contribution is 5.81. The van der Waals surface area contributed by atoms with E-state index in [1.165, 1.54) is 13.3 Å². The van der Waals surface area contributed by atoms with Gasteiger partial charge in [-0.1, -0.05) is 11.3 Å². The number of piperidine rings is 1. The summed E-state index contributed by atoms with van der Waals surface area (Å²) in [6.45, 7) is -1.02. The molecule has 188 valence electrons. The Balaban J connectivity index is 1.64. The van der Waals surface area contributed by atoms with Crippen molar-refractivity contribution >= 4 is 5.91 Å². The summed E-state index contributed by atoms with van der Waals surface area (Å²) in [4.78, 5) is 17.0. The number of carbonyl (C=O) groups excluding carboxylic acids is 1. The van der Waals surface area contributed by atoms with Crippen molar-refractivity contribution in [2.75, 3.05) is 20.2 Å². The van der Waals surface area contributed by atoms with E-state index in [4.69, 9.17) is 4.74 Å². The first-order valence-corrected chi connectivity index (χ1v) is 10.4. The first kappa shape index (κ1) is 24.5. The second kappa shape index (κ2) is 8.89. The van der Waals surface area contributed by atoms with Crippen LogP contribution in [-0.4, -0.2) is 67.9 Å². The maximum atomic E-state index is 13.4. The van der Waals surface area contributed by atoms with Crippen LogP contribution in [0.4, 0.5) is 26.3 Å². The summed E-state index contributed by atoms with van der Waals surface area (Å²) in [5.74, 6) is -2.78. The molecule has 0 aliphatic carbocycles. The highest BCUT2D eigenvalue weighted by Gasteiger charge is 2.50. The second-order valence-corrected chi connectivity index (χ2v) is 8.22. The maximum absolute atomic E-state index is 13.4. The Morgan fingerprint density at radius 3 is 2.49 bits per heavy atom. The largest absolute Gasteiger partial charge is 0.495 e. The number of nitrogens with zero attached hydrogens (tertiary/aromatic N) is 6. The van der Waals surface area contributed by atoms with Crippen LogP contribution in [0.5, 0.6) is 5.75 Å². The van der Waals surface area contributed by atoms with Crippen LogP contribution in [-0.2, 0) is 4.79 Å². The van der Waals surface area contributed by atoms with E-state index in [1.807, 2.05) is 6.92 Å². The SMILES string of the molecule is COc1cc(-c2cn(C3C[C@H](C(F)(F)F)CN(CC(F)(F)F)C3=O)nn2)ccc1-n1cnc(C)c1. The Bertz CT molecular complexity index is 1220. The van der Waals surface area contributed by atoms with Gasteiger partial charge >= 0.3 is 12.4 Å². The molecule has 1 fully saturated rings. The van der Waals surface area contributed by atoms with Crippen LogP contribution < -0.4 is 4.74 Å². The molecule has 14 heteroatoms. The number of aromatic nitrogens is 5. The molecule has 1 amide bonds. The zero-order chi connectivity index (χ0) is 25.5. The summed E-state index contributed by atoms with van der Waals surface area (Å²) in [7, 11) is 1.45. The molecule has 0 saturated carbocycles. The van der Waals surface area contributed by atoms with Crippen molar-refractivity contribution in [1.82, 2.24) is 29.4 Å². The molecule has 1 saturated heterocycles. The van der Waals surface area contributed by atoms with E-state index >= 15 is 0 Å². The third-order valence-electron chi connectivity index (χ3n) is 5.67. The predicted octanol–water partition coefficient (Wildman–Crippen LogP) is 3.96.